The maximum absolute atomic E-state index is 11.2. The van der Waals surface area contributed by atoms with Gasteiger partial charge >= 0.3 is 5.69 Å². The molecule has 0 amide bonds. The van der Waals surface area contributed by atoms with Crippen LogP contribution in [0, 0.1) is 6.92 Å². The Labute approximate surface area is 129 Å². The highest BCUT2D eigenvalue weighted by atomic mass is 16.1. The molecular weight excluding hydrogens is 280 g/mol. The first kappa shape index (κ1) is 14.5. The SMILES string of the molecule is Cc1n[nH]c(=O)nc1Nc1ccc(N2CCN(C)CC2)cc1. The second-order valence-corrected chi connectivity index (χ2v) is 5.54. The van der Waals surface area contributed by atoms with Gasteiger partial charge in [-0.2, -0.15) is 10.1 Å². The lowest BCUT2D eigenvalue weighted by molar-refractivity contribution is 0.313. The minimum Gasteiger partial charge on any atom is -0.369 e. The van der Waals surface area contributed by atoms with Crippen LogP contribution in [0.15, 0.2) is 29.1 Å². The first-order chi connectivity index (χ1) is 10.6. The molecule has 1 fully saturated rings. The number of aromatic amines is 1. The summed E-state index contributed by atoms with van der Waals surface area (Å²) in [5, 5.41) is 9.34. The molecule has 0 unspecified atom stereocenters. The Bertz CT molecular complexity index is 688. The van der Waals surface area contributed by atoms with E-state index < -0.39 is 5.69 Å². The lowest BCUT2D eigenvalue weighted by Gasteiger charge is -2.34. The molecule has 116 valence electrons. The second kappa shape index (κ2) is 6.15. The van der Waals surface area contributed by atoms with Gasteiger partial charge in [0.05, 0.1) is 0 Å². The normalized spacial score (nSPS) is 15.8. The van der Waals surface area contributed by atoms with Gasteiger partial charge in [-0.3, -0.25) is 0 Å². The van der Waals surface area contributed by atoms with Crippen LogP contribution in [0.4, 0.5) is 17.2 Å². The number of likely N-dealkylation sites (N-methyl/N-ethyl adjacent to an activating group) is 1. The Morgan fingerprint density at radius 3 is 2.50 bits per heavy atom. The molecule has 0 bridgehead atoms. The number of benzene rings is 1. The van der Waals surface area contributed by atoms with Crippen molar-refractivity contribution < 1.29 is 0 Å². The Balaban J connectivity index is 1.71. The van der Waals surface area contributed by atoms with E-state index in [9.17, 15) is 4.79 Å². The van der Waals surface area contributed by atoms with E-state index in [1.165, 1.54) is 5.69 Å². The molecular formula is C15H20N6O. The van der Waals surface area contributed by atoms with Crippen molar-refractivity contribution in [3.8, 4) is 0 Å². The monoisotopic (exact) mass is 300 g/mol. The number of piperazine rings is 1. The maximum Gasteiger partial charge on any atom is 0.363 e. The van der Waals surface area contributed by atoms with Crippen LogP contribution in [0.1, 0.15) is 5.69 Å². The second-order valence-electron chi connectivity index (χ2n) is 5.54. The molecule has 7 heteroatoms. The molecule has 2 N–H and O–H groups in total. The van der Waals surface area contributed by atoms with E-state index in [0.29, 0.717) is 11.5 Å². The number of hydrogen-bond donors (Lipinski definition) is 2. The van der Waals surface area contributed by atoms with Crippen LogP contribution in [0.2, 0.25) is 0 Å². The van der Waals surface area contributed by atoms with Crippen LogP contribution in [0.5, 0.6) is 0 Å². The molecule has 1 aromatic heterocycles. The molecule has 1 saturated heterocycles. The highest BCUT2D eigenvalue weighted by Crippen LogP contribution is 2.21. The largest absolute Gasteiger partial charge is 0.369 e. The molecule has 7 nitrogen and oxygen atoms in total. The zero-order chi connectivity index (χ0) is 15.5. The van der Waals surface area contributed by atoms with E-state index in [1.54, 1.807) is 6.92 Å². The van der Waals surface area contributed by atoms with Crippen molar-refractivity contribution in [1.29, 1.82) is 0 Å². The lowest BCUT2D eigenvalue weighted by atomic mass is 10.2. The Hall–Kier alpha value is -2.41. The molecule has 22 heavy (non-hydrogen) atoms. The van der Waals surface area contributed by atoms with Crippen molar-refractivity contribution >= 4 is 17.2 Å². The summed E-state index contributed by atoms with van der Waals surface area (Å²) in [6.07, 6.45) is 0. The van der Waals surface area contributed by atoms with Crippen LogP contribution in [-0.2, 0) is 0 Å². The molecule has 0 radical (unpaired) electrons. The standard InChI is InChI=1S/C15H20N6O/c1-11-14(17-15(22)19-18-11)16-12-3-5-13(6-4-12)21-9-7-20(2)8-10-21/h3-6H,7-10H2,1-2H3,(H2,16,17,19,22). The van der Waals surface area contributed by atoms with Crippen LogP contribution in [0.3, 0.4) is 0 Å². The van der Waals surface area contributed by atoms with Gasteiger partial charge < -0.3 is 15.1 Å². The Morgan fingerprint density at radius 1 is 1.14 bits per heavy atom. The zero-order valence-electron chi connectivity index (χ0n) is 12.8. The summed E-state index contributed by atoms with van der Waals surface area (Å²) < 4.78 is 0. The number of nitrogens with one attached hydrogen (secondary N) is 2. The van der Waals surface area contributed by atoms with Crippen LogP contribution >= 0.6 is 0 Å². The summed E-state index contributed by atoms with van der Waals surface area (Å²) in [6.45, 7) is 6.05. The third-order valence-electron chi connectivity index (χ3n) is 3.87. The summed E-state index contributed by atoms with van der Waals surface area (Å²) in [5.41, 5.74) is 2.30. The molecule has 1 aliphatic rings. The van der Waals surface area contributed by atoms with Gasteiger partial charge in [-0.25, -0.2) is 9.89 Å². The van der Waals surface area contributed by atoms with Gasteiger partial charge in [0.25, 0.3) is 0 Å². The minimum atomic E-state index is -0.456. The molecule has 1 aromatic carbocycles. The van der Waals surface area contributed by atoms with Gasteiger partial charge in [-0.05, 0) is 38.2 Å². The first-order valence-electron chi connectivity index (χ1n) is 7.36. The van der Waals surface area contributed by atoms with Gasteiger partial charge in [-0.1, -0.05) is 0 Å². The molecule has 0 aliphatic carbocycles. The zero-order valence-corrected chi connectivity index (χ0v) is 12.8. The predicted octanol–water partition coefficient (Wildman–Crippen LogP) is 0.969. The molecule has 0 spiro atoms. The van der Waals surface area contributed by atoms with E-state index in [0.717, 1.165) is 31.9 Å². The summed E-state index contributed by atoms with van der Waals surface area (Å²) in [7, 11) is 2.15. The average molecular weight is 300 g/mol. The van der Waals surface area contributed by atoms with Crippen molar-refractivity contribution in [3.05, 3.63) is 40.4 Å². The molecule has 1 aliphatic heterocycles. The van der Waals surface area contributed by atoms with Crippen molar-refractivity contribution in [2.75, 3.05) is 43.4 Å². The number of aromatic nitrogens is 3. The highest BCUT2D eigenvalue weighted by Gasteiger charge is 2.14. The fraction of sp³-hybridized carbons (Fsp3) is 0.400. The lowest BCUT2D eigenvalue weighted by Crippen LogP contribution is -2.44. The third-order valence-corrected chi connectivity index (χ3v) is 3.87. The predicted molar refractivity (Wildman–Crippen MR) is 86.8 cm³/mol. The summed E-state index contributed by atoms with van der Waals surface area (Å²) >= 11 is 0. The maximum atomic E-state index is 11.2. The number of rotatable bonds is 3. The highest BCUT2D eigenvalue weighted by molar-refractivity contribution is 5.61. The van der Waals surface area contributed by atoms with Crippen LogP contribution in [0.25, 0.3) is 0 Å². The van der Waals surface area contributed by atoms with Crippen LogP contribution < -0.4 is 15.9 Å². The average Bonchev–Trinajstić information content (AvgIpc) is 2.53. The van der Waals surface area contributed by atoms with Crippen molar-refractivity contribution in [2.24, 2.45) is 0 Å². The fourth-order valence-electron chi connectivity index (χ4n) is 2.47. The summed E-state index contributed by atoms with van der Waals surface area (Å²) in [5.74, 6) is 0.482. The van der Waals surface area contributed by atoms with Crippen LogP contribution in [-0.4, -0.2) is 53.3 Å². The van der Waals surface area contributed by atoms with E-state index in [2.05, 4.69) is 49.5 Å². The van der Waals surface area contributed by atoms with Gasteiger partial charge in [0.2, 0.25) is 0 Å². The Kier molecular flexibility index (Phi) is 4.06. The van der Waals surface area contributed by atoms with Gasteiger partial charge in [-0.15, -0.1) is 0 Å². The molecule has 2 aromatic rings. The summed E-state index contributed by atoms with van der Waals surface area (Å²) in [4.78, 5) is 19.8. The number of aryl methyl sites for hydroxylation is 1. The third kappa shape index (κ3) is 3.25. The fourth-order valence-corrected chi connectivity index (χ4v) is 2.47. The van der Waals surface area contributed by atoms with E-state index in [4.69, 9.17) is 0 Å². The number of H-pyrrole nitrogens is 1. The molecule has 2 heterocycles. The quantitative estimate of drug-likeness (QED) is 0.879. The van der Waals surface area contributed by atoms with Crippen molar-refractivity contribution in [3.63, 3.8) is 0 Å². The van der Waals surface area contributed by atoms with E-state index >= 15 is 0 Å². The van der Waals surface area contributed by atoms with E-state index in [1.807, 2.05) is 12.1 Å². The first-order valence-corrected chi connectivity index (χ1v) is 7.36. The number of hydrogen-bond acceptors (Lipinski definition) is 6. The summed E-state index contributed by atoms with van der Waals surface area (Å²) in [6, 6.07) is 8.17. The number of anilines is 3. The minimum absolute atomic E-state index is 0.456. The molecule has 0 saturated carbocycles. The van der Waals surface area contributed by atoms with Gasteiger partial charge in [0.1, 0.15) is 5.69 Å². The van der Waals surface area contributed by atoms with Crippen molar-refractivity contribution in [2.45, 2.75) is 6.92 Å². The molecule has 3 rings (SSSR count). The van der Waals surface area contributed by atoms with E-state index in [-0.39, 0.29) is 0 Å². The molecule has 0 atom stereocenters. The van der Waals surface area contributed by atoms with Gasteiger partial charge in [0, 0.05) is 37.6 Å². The number of nitrogens with zero attached hydrogens (tertiary/aromatic N) is 4. The van der Waals surface area contributed by atoms with Gasteiger partial charge in [0.15, 0.2) is 5.82 Å². The topological polar surface area (TPSA) is 77.1 Å². The Morgan fingerprint density at radius 2 is 1.82 bits per heavy atom. The van der Waals surface area contributed by atoms with Crippen molar-refractivity contribution in [1.82, 2.24) is 20.1 Å². The smallest absolute Gasteiger partial charge is 0.363 e.